The molecule has 4 nitrogen and oxygen atoms in total. The molecule has 1 aliphatic carbocycles. The number of carbonyl (C=O) groups excluding carboxylic acids is 1. The first-order valence-electron chi connectivity index (χ1n) is 6.46. The molecule has 1 atom stereocenters. The number of amidine groups is 1. The van der Waals surface area contributed by atoms with Crippen LogP contribution in [-0.4, -0.2) is 42.7 Å². The molecular weight excluding hydrogens is 246 g/mol. The van der Waals surface area contributed by atoms with E-state index in [-0.39, 0.29) is 11.9 Å². The zero-order valence-corrected chi connectivity index (χ0v) is 12.1. The number of hydrogen-bond donors (Lipinski definition) is 1. The molecule has 0 aromatic carbocycles. The topological polar surface area (TPSA) is 44.7 Å². The van der Waals surface area contributed by atoms with Gasteiger partial charge in [-0.1, -0.05) is 17.3 Å². The van der Waals surface area contributed by atoms with Crippen molar-refractivity contribution in [1.29, 1.82) is 0 Å². The number of rotatable bonds is 2. The Balaban J connectivity index is 1.90. The molecule has 2 rings (SSSR count). The molecule has 0 spiro atoms. The van der Waals surface area contributed by atoms with Crippen LogP contribution in [0.2, 0.25) is 0 Å². The predicted octanol–water partition coefficient (Wildman–Crippen LogP) is 1.98. The normalized spacial score (nSPS) is 24.3. The Labute approximate surface area is 113 Å². The maximum atomic E-state index is 12.1. The number of amides is 1. The Morgan fingerprint density at radius 2 is 2.22 bits per heavy atom. The van der Waals surface area contributed by atoms with Gasteiger partial charge in [-0.3, -0.25) is 14.7 Å². The Morgan fingerprint density at radius 1 is 1.50 bits per heavy atom. The van der Waals surface area contributed by atoms with Crippen LogP contribution in [-0.2, 0) is 4.79 Å². The molecule has 100 valence electrons. The Hall–Kier alpha value is -0.810. The summed E-state index contributed by atoms with van der Waals surface area (Å²) in [6, 6.07) is 0.0104. The standard InChI is InChI=1S/C13H21N3OS/c1-9(10-6-7-10)18-13(14-2)15-12(17)11-5-4-8-16(11)3/h11H,4-8H2,1-3H3,(H,14,15,17). The van der Waals surface area contributed by atoms with Crippen LogP contribution in [0.25, 0.3) is 0 Å². The summed E-state index contributed by atoms with van der Waals surface area (Å²) in [6.07, 6.45) is 4.46. The minimum atomic E-state index is 0.0104. The van der Waals surface area contributed by atoms with Crippen molar-refractivity contribution in [2.75, 3.05) is 20.6 Å². The van der Waals surface area contributed by atoms with Crippen LogP contribution >= 0.6 is 11.8 Å². The van der Waals surface area contributed by atoms with E-state index in [9.17, 15) is 4.79 Å². The molecule has 1 saturated heterocycles. The van der Waals surface area contributed by atoms with Gasteiger partial charge in [0.2, 0.25) is 5.91 Å². The van der Waals surface area contributed by atoms with E-state index in [0.717, 1.165) is 24.6 Å². The number of nitrogens with one attached hydrogen (secondary N) is 1. The zero-order chi connectivity index (χ0) is 13.1. The third-order valence-electron chi connectivity index (χ3n) is 3.50. The lowest BCUT2D eigenvalue weighted by Gasteiger charge is -2.19. The van der Waals surface area contributed by atoms with E-state index < -0.39 is 0 Å². The third kappa shape index (κ3) is 3.36. The fraction of sp³-hybridized carbons (Fsp3) is 0.692. The molecular formula is C13H21N3OS. The van der Waals surface area contributed by atoms with Crippen LogP contribution in [0.5, 0.6) is 0 Å². The van der Waals surface area contributed by atoms with Gasteiger partial charge >= 0.3 is 0 Å². The summed E-state index contributed by atoms with van der Waals surface area (Å²) >= 11 is 1.58. The first-order chi connectivity index (χ1) is 8.61. The number of allylic oxidation sites excluding steroid dienone is 2. The van der Waals surface area contributed by atoms with Crippen LogP contribution in [0, 0.1) is 0 Å². The van der Waals surface area contributed by atoms with Gasteiger partial charge in [0, 0.05) is 7.05 Å². The molecule has 2 aliphatic rings. The first-order valence-corrected chi connectivity index (χ1v) is 7.28. The summed E-state index contributed by atoms with van der Waals surface area (Å²) in [7, 11) is 3.73. The largest absolute Gasteiger partial charge is 0.304 e. The van der Waals surface area contributed by atoms with Crippen LogP contribution < -0.4 is 5.32 Å². The fourth-order valence-corrected chi connectivity index (χ4v) is 3.07. The lowest BCUT2D eigenvalue weighted by molar-refractivity contribution is -0.123. The van der Waals surface area contributed by atoms with Gasteiger partial charge in [0.05, 0.1) is 6.04 Å². The van der Waals surface area contributed by atoms with E-state index >= 15 is 0 Å². The first kappa shape index (κ1) is 13.6. The SMILES string of the molecule is CN=C(NC(=O)C1CCCN1C)SC(C)=C1CC1. The molecule has 1 heterocycles. The van der Waals surface area contributed by atoms with Gasteiger partial charge in [-0.15, -0.1) is 0 Å². The molecule has 1 N–H and O–H groups in total. The van der Waals surface area contributed by atoms with E-state index in [1.165, 1.54) is 23.3 Å². The van der Waals surface area contributed by atoms with Gasteiger partial charge in [-0.05, 0) is 51.1 Å². The monoisotopic (exact) mass is 267 g/mol. The average molecular weight is 267 g/mol. The molecule has 0 bridgehead atoms. The maximum Gasteiger partial charge on any atom is 0.243 e. The van der Waals surface area contributed by atoms with Crippen molar-refractivity contribution < 1.29 is 4.79 Å². The summed E-state index contributed by atoms with van der Waals surface area (Å²) < 4.78 is 0. The van der Waals surface area contributed by atoms with Crippen molar-refractivity contribution in [1.82, 2.24) is 10.2 Å². The third-order valence-corrected chi connectivity index (χ3v) is 4.58. The van der Waals surface area contributed by atoms with Gasteiger partial charge in [-0.2, -0.15) is 0 Å². The smallest absolute Gasteiger partial charge is 0.243 e. The molecule has 0 aromatic rings. The van der Waals surface area contributed by atoms with E-state index in [0.29, 0.717) is 0 Å². The van der Waals surface area contributed by atoms with Gasteiger partial charge in [0.25, 0.3) is 0 Å². The van der Waals surface area contributed by atoms with Gasteiger partial charge in [0.1, 0.15) is 0 Å². The van der Waals surface area contributed by atoms with Gasteiger partial charge < -0.3 is 5.32 Å². The molecule has 18 heavy (non-hydrogen) atoms. The highest BCUT2D eigenvalue weighted by molar-refractivity contribution is 8.17. The molecule has 1 unspecified atom stereocenters. The number of likely N-dealkylation sites (N-methyl/N-ethyl adjacent to an activating group) is 1. The molecule has 1 saturated carbocycles. The number of hydrogen-bond acceptors (Lipinski definition) is 4. The highest BCUT2D eigenvalue weighted by Gasteiger charge is 2.28. The van der Waals surface area contributed by atoms with Crippen molar-refractivity contribution in [2.45, 2.75) is 38.6 Å². The van der Waals surface area contributed by atoms with Crippen LogP contribution in [0.4, 0.5) is 0 Å². The number of aliphatic imine (C=N–C) groups is 1. The summed E-state index contributed by atoms with van der Waals surface area (Å²) in [5.41, 5.74) is 1.49. The summed E-state index contributed by atoms with van der Waals surface area (Å²) in [4.78, 5) is 19.7. The number of carbonyl (C=O) groups is 1. The molecule has 1 amide bonds. The minimum Gasteiger partial charge on any atom is -0.304 e. The predicted molar refractivity (Wildman–Crippen MR) is 76.7 cm³/mol. The van der Waals surface area contributed by atoms with E-state index in [4.69, 9.17) is 0 Å². The molecule has 2 fully saturated rings. The Morgan fingerprint density at radius 3 is 2.72 bits per heavy atom. The van der Waals surface area contributed by atoms with Crippen LogP contribution in [0.3, 0.4) is 0 Å². The second-order valence-electron chi connectivity index (χ2n) is 4.92. The number of nitrogens with zero attached hydrogens (tertiary/aromatic N) is 2. The highest BCUT2D eigenvalue weighted by atomic mass is 32.2. The fourth-order valence-electron chi connectivity index (χ4n) is 2.19. The van der Waals surface area contributed by atoms with Crippen molar-refractivity contribution in [3.8, 4) is 0 Å². The highest BCUT2D eigenvalue weighted by Crippen LogP contribution is 2.36. The minimum absolute atomic E-state index is 0.0104. The summed E-state index contributed by atoms with van der Waals surface area (Å²) in [5.74, 6) is 0.0803. The number of likely N-dealkylation sites (tertiary alicyclic amines) is 1. The Kier molecular flexibility index (Phi) is 4.45. The van der Waals surface area contributed by atoms with Gasteiger partial charge in [-0.25, -0.2) is 0 Å². The molecule has 5 heteroatoms. The lowest BCUT2D eigenvalue weighted by atomic mass is 10.2. The lowest BCUT2D eigenvalue weighted by Crippen LogP contribution is -2.43. The van der Waals surface area contributed by atoms with E-state index in [1.807, 2.05) is 7.05 Å². The quantitative estimate of drug-likeness (QED) is 0.614. The molecule has 0 radical (unpaired) electrons. The second kappa shape index (κ2) is 5.89. The van der Waals surface area contributed by atoms with E-state index in [1.54, 1.807) is 18.8 Å². The zero-order valence-electron chi connectivity index (χ0n) is 11.3. The van der Waals surface area contributed by atoms with Gasteiger partial charge in [0.15, 0.2) is 5.17 Å². The maximum absolute atomic E-state index is 12.1. The van der Waals surface area contributed by atoms with Crippen LogP contribution in [0.15, 0.2) is 15.5 Å². The number of thioether (sulfide) groups is 1. The van der Waals surface area contributed by atoms with Crippen molar-refractivity contribution in [3.05, 3.63) is 10.5 Å². The average Bonchev–Trinajstić information content (AvgIpc) is 3.11. The van der Waals surface area contributed by atoms with Crippen molar-refractivity contribution in [2.24, 2.45) is 4.99 Å². The molecule has 0 aromatic heterocycles. The van der Waals surface area contributed by atoms with E-state index in [2.05, 4.69) is 22.1 Å². The summed E-state index contributed by atoms with van der Waals surface area (Å²) in [5, 5.41) is 3.67. The van der Waals surface area contributed by atoms with Crippen molar-refractivity contribution in [3.63, 3.8) is 0 Å². The van der Waals surface area contributed by atoms with Crippen molar-refractivity contribution >= 4 is 22.8 Å². The Bertz CT molecular complexity index is 397. The van der Waals surface area contributed by atoms with Crippen LogP contribution in [0.1, 0.15) is 32.6 Å². The summed E-state index contributed by atoms with van der Waals surface area (Å²) in [6.45, 7) is 3.11. The molecule has 1 aliphatic heterocycles. The second-order valence-corrected chi connectivity index (χ2v) is 6.12.